The summed E-state index contributed by atoms with van der Waals surface area (Å²) in [6.45, 7) is 7.97. The van der Waals surface area contributed by atoms with Gasteiger partial charge in [-0.3, -0.25) is 4.68 Å². The fourth-order valence-corrected chi connectivity index (χ4v) is 5.49. The Morgan fingerprint density at radius 3 is 2.40 bits per heavy atom. The molecule has 1 heterocycles. The third-order valence-electron chi connectivity index (χ3n) is 7.13. The molecule has 0 radical (unpaired) electrons. The molecule has 1 saturated carbocycles. The first-order valence-electron chi connectivity index (χ1n) is 12.2. The lowest BCUT2D eigenvalue weighted by Gasteiger charge is -2.28. The molecule has 0 aliphatic heterocycles. The second-order valence-electron chi connectivity index (χ2n) is 9.44. The van der Waals surface area contributed by atoms with Gasteiger partial charge in [0.05, 0.1) is 0 Å². The molecule has 2 aliphatic carbocycles. The van der Waals surface area contributed by atoms with E-state index < -0.39 is 0 Å². The van der Waals surface area contributed by atoms with Gasteiger partial charge in [-0.2, -0.15) is 5.10 Å². The first-order chi connectivity index (χ1) is 14.7. The molecule has 1 aromatic heterocycles. The summed E-state index contributed by atoms with van der Waals surface area (Å²) in [6.07, 6.45) is 16.5. The fraction of sp³-hybridized carbons (Fsp3) is 0.536. The van der Waals surface area contributed by atoms with Crippen LogP contribution in [0.15, 0.2) is 48.1 Å². The summed E-state index contributed by atoms with van der Waals surface area (Å²) in [7, 11) is 0. The first kappa shape index (κ1) is 21.2. The zero-order chi connectivity index (χ0) is 20.9. The van der Waals surface area contributed by atoms with Crippen LogP contribution >= 0.6 is 0 Å². The molecule has 1 fully saturated rings. The minimum absolute atomic E-state index is 0.775. The molecule has 2 nitrogen and oxygen atoms in total. The average Bonchev–Trinajstić information content (AvgIpc) is 3.14. The standard InChI is InChI=1S/C28H38N2/c1-4-10-22-15-17-23(18-16-22)20-30-26(5-2)27(25-14-9-11-21(3)19-25)28(29-30)24-12-7-6-8-13-24/h6-8,12-14,19,22-23H,4-5,9-11,15-18,20H2,1-3H3. The summed E-state index contributed by atoms with van der Waals surface area (Å²) in [6, 6.07) is 10.8. The number of benzene rings is 1. The molecule has 2 aliphatic rings. The quantitative estimate of drug-likeness (QED) is 0.461. The summed E-state index contributed by atoms with van der Waals surface area (Å²) >= 11 is 0. The van der Waals surface area contributed by atoms with Crippen molar-refractivity contribution >= 4 is 5.57 Å². The lowest BCUT2D eigenvalue weighted by molar-refractivity contribution is 0.235. The summed E-state index contributed by atoms with van der Waals surface area (Å²) in [5.41, 5.74) is 8.07. The maximum absolute atomic E-state index is 5.25. The molecule has 0 amide bonds. The van der Waals surface area contributed by atoms with Crippen LogP contribution < -0.4 is 0 Å². The van der Waals surface area contributed by atoms with E-state index in [9.17, 15) is 0 Å². The molecule has 0 bridgehead atoms. The number of hydrogen-bond acceptors (Lipinski definition) is 1. The van der Waals surface area contributed by atoms with Gasteiger partial charge in [0.1, 0.15) is 5.69 Å². The second-order valence-corrected chi connectivity index (χ2v) is 9.44. The van der Waals surface area contributed by atoms with Crippen molar-refractivity contribution in [2.45, 2.75) is 85.1 Å². The van der Waals surface area contributed by atoms with Gasteiger partial charge in [0.2, 0.25) is 0 Å². The molecule has 4 rings (SSSR count). The first-order valence-corrected chi connectivity index (χ1v) is 12.2. The number of allylic oxidation sites excluding steroid dienone is 4. The lowest BCUT2D eigenvalue weighted by atomic mass is 9.80. The Bertz CT molecular complexity index is 892. The maximum atomic E-state index is 5.25. The van der Waals surface area contributed by atoms with Gasteiger partial charge in [-0.15, -0.1) is 0 Å². The molecule has 0 N–H and O–H groups in total. The van der Waals surface area contributed by atoms with E-state index in [0.717, 1.165) is 31.2 Å². The van der Waals surface area contributed by atoms with Crippen molar-refractivity contribution < 1.29 is 0 Å². The normalized spacial score (nSPS) is 22.0. The highest BCUT2D eigenvalue weighted by molar-refractivity contribution is 5.86. The van der Waals surface area contributed by atoms with E-state index in [-0.39, 0.29) is 0 Å². The van der Waals surface area contributed by atoms with Crippen LogP contribution in [0.4, 0.5) is 0 Å². The largest absolute Gasteiger partial charge is 0.268 e. The van der Waals surface area contributed by atoms with Gasteiger partial charge in [-0.05, 0) is 56.4 Å². The highest BCUT2D eigenvalue weighted by Crippen LogP contribution is 2.37. The lowest BCUT2D eigenvalue weighted by Crippen LogP contribution is -2.20. The Morgan fingerprint density at radius 1 is 1.00 bits per heavy atom. The molecule has 1 aromatic carbocycles. The average molecular weight is 403 g/mol. The molecule has 0 atom stereocenters. The van der Waals surface area contributed by atoms with Crippen LogP contribution in [0.5, 0.6) is 0 Å². The topological polar surface area (TPSA) is 17.8 Å². The van der Waals surface area contributed by atoms with Crippen LogP contribution in [-0.2, 0) is 13.0 Å². The number of aromatic nitrogens is 2. The monoisotopic (exact) mass is 402 g/mol. The van der Waals surface area contributed by atoms with Crippen molar-refractivity contribution in [3.63, 3.8) is 0 Å². The summed E-state index contributed by atoms with van der Waals surface area (Å²) in [5.74, 6) is 1.74. The van der Waals surface area contributed by atoms with Crippen LogP contribution in [0.25, 0.3) is 16.8 Å². The Balaban J connectivity index is 1.67. The van der Waals surface area contributed by atoms with Crippen LogP contribution in [0, 0.1) is 11.8 Å². The molecule has 160 valence electrons. The summed E-state index contributed by atoms with van der Waals surface area (Å²) < 4.78 is 2.38. The SMILES string of the molecule is CCCC1CCC(Cn2nc(-c3ccccc3)c(C3=CCCC(C)=C3)c2CC)CC1. The van der Waals surface area contributed by atoms with Crippen LogP contribution in [0.1, 0.15) is 83.4 Å². The van der Waals surface area contributed by atoms with Crippen LogP contribution in [0.3, 0.4) is 0 Å². The van der Waals surface area contributed by atoms with Crippen molar-refractivity contribution in [2.75, 3.05) is 0 Å². The Kier molecular flexibility index (Phi) is 6.92. The predicted octanol–water partition coefficient (Wildman–Crippen LogP) is 7.84. The van der Waals surface area contributed by atoms with Gasteiger partial charge < -0.3 is 0 Å². The van der Waals surface area contributed by atoms with E-state index in [2.05, 4.69) is 67.9 Å². The van der Waals surface area contributed by atoms with Crippen LogP contribution in [0.2, 0.25) is 0 Å². The summed E-state index contributed by atoms with van der Waals surface area (Å²) in [4.78, 5) is 0. The molecule has 30 heavy (non-hydrogen) atoms. The molecule has 0 saturated heterocycles. The molecular formula is C28H38N2. The van der Waals surface area contributed by atoms with E-state index in [1.165, 1.54) is 78.6 Å². The van der Waals surface area contributed by atoms with Gasteiger partial charge in [-0.25, -0.2) is 0 Å². The van der Waals surface area contributed by atoms with Gasteiger partial charge in [-0.1, -0.05) is 87.6 Å². The Hall–Kier alpha value is -2.09. The van der Waals surface area contributed by atoms with Crippen molar-refractivity contribution in [1.29, 1.82) is 0 Å². The van der Waals surface area contributed by atoms with E-state index in [1.54, 1.807) is 0 Å². The highest BCUT2D eigenvalue weighted by Gasteiger charge is 2.25. The molecule has 2 heteroatoms. The van der Waals surface area contributed by atoms with Crippen molar-refractivity contribution in [2.24, 2.45) is 11.8 Å². The zero-order valence-corrected chi connectivity index (χ0v) is 19.2. The van der Waals surface area contributed by atoms with E-state index in [0.29, 0.717) is 0 Å². The number of nitrogens with zero attached hydrogens (tertiary/aromatic N) is 2. The molecular weight excluding hydrogens is 364 g/mol. The molecule has 2 aromatic rings. The van der Waals surface area contributed by atoms with Gasteiger partial charge in [0, 0.05) is 23.4 Å². The minimum atomic E-state index is 0.775. The third-order valence-corrected chi connectivity index (χ3v) is 7.13. The third kappa shape index (κ3) is 4.63. The molecule has 0 unspecified atom stereocenters. The van der Waals surface area contributed by atoms with Crippen molar-refractivity contribution in [3.05, 3.63) is 59.3 Å². The van der Waals surface area contributed by atoms with Gasteiger partial charge in [0.15, 0.2) is 0 Å². The van der Waals surface area contributed by atoms with Gasteiger partial charge >= 0.3 is 0 Å². The van der Waals surface area contributed by atoms with E-state index in [4.69, 9.17) is 5.10 Å². The smallest absolute Gasteiger partial charge is 0.100 e. The number of rotatable bonds is 7. The fourth-order valence-electron chi connectivity index (χ4n) is 5.49. The zero-order valence-electron chi connectivity index (χ0n) is 19.2. The summed E-state index contributed by atoms with van der Waals surface area (Å²) in [5, 5.41) is 5.25. The Morgan fingerprint density at radius 2 is 1.73 bits per heavy atom. The van der Waals surface area contributed by atoms with Crippen molar-refractivity contribution in [1.82, 2.24) is 9.78 Å². The van der Waals surface area contributed by atoms with E-state index in [1.807, 2.05) is 0 Å². The number of hydrogen-bond donors (Lipinski definition) is 0. The Labute approximate surface area is 183 Å². The minimum Gasteiger partial charge on any atom is -0.268 e. The predicted molar refractivity (Wildman–Crippen MR) is 128 cm³/mol. The van der Waals surface area contributed by atoms with Crippen molar-refractivity contribution in [3.8, 4) is 11.3 Å². The van der Waals surface area contributed by atoms with Gasteiger partial charge in [0.25, 0.3) is 0 Å². The second kappa shape index (κ2) is 9.81. The van der Waals surface area contributed by atoms with Crippen LogP contribution in [-0.4, -0.2) is 9.78 Å². The molecule has 0 spiro atoms. The van der Waals surface area contributed by atoms with E-state index >= 15 is 0 Å². The highest BCUT2D eigenvalue weighted by atomic mass is 15.3. The maximum Gasteiger partial charge on any atom is 0.100 e.